The van der Waals surface area contributed by atoms with Crippen molar-refractivity contribution in [2.45, 2.75) is 12.5 Å². The number of hydrogen-bond acceptors (Lipinski definition) is 4. The van der Waals surface area contributed by atoms with E-state index in [9.17, 15) is 9.90 Å². The van der Waals surface area contributed by atoms with Gasteiger partial charge < -0.3 is 15.7 Å². The van der Waals surface area contributed by atoms with Gasteiger partial charge in [0.05, 0.1) is 18.2 Å². The highest BCUT2D eigenvalue weighted by atomic mass is 35.5. The van der Waals surface area contributed by atoms with E-state index in [1.807, 2.05) is 42.5 Å². The monoisotopic (exact) mass is 381 g/mol. The molecule has 2 aromatic carbocycles. The van der Waals surface area contributed by atoms with E-state index in [2.05, 4.69) is 15.6 Å². The standard InChI is InChI=1S/C21H20ClN3O2/c22-16-8-4-9-17(13-16)24-20-19(10-5-11-23-20)21(27)25-18(14-26)12-15-6-2-1-3-7-15/h1-11,13,18,26H,12,14H2,(H,23,24)(H,25,27)/t18-/m0/s1. The number of carbonyl (C=O) groups excluding carboxylic acids is 1. The topological polar surface area (TPSA) is 74.2 Å². The number of aliphatic hydroxyl groups is 1. The van der Waals surface area contributed by atoms with Gasteiger partial charge in [0.15, 0.2) is 0 Å². The number of amides is 1. The smallest absolute Gasteiger partial charge is 0.255 e. The number of benzene rings is 2. The molecule has 3 rings (SSSR count). The van der Waals surface area contributed by atoms with E-state index >= 15 is 0 Å². The summed E-state index contributed by atoms with van der Waals surface area (Å²) >= 11 is 6.01. The molecule has 0 aliphatic carbocycles. The number of nitrogens with zero attached hydrogens (tertiary/aromatic N) is 1. The molecule has 0 bridgehead atoms. The highest BCUT2D eigenvalue weighted by Gasteiger charge is 2.17. The zero-order valence-electron chi connectivity index (χ0n) is 14.6. The maximum Gasteiger partial charge on any atom is 0.255 e. The summed E-state index contributed by atoms with van der Waals surface area (Å²) in [5.74, 6) is 0.122. The van der Waals surface area contributed by atoms with Gasteiger partial charge in [-0.15, -0.1) is 0 Å². The largest absolute Gasteiger partial charge is 0.394 e. The molecule has 0 unspecified atom stereocenters. The van der Waals surface area contributed by atoms with Crippen LogP contribution in [-0.2, 0) is 6.42 Å². The van der Waals surface area contributed by atoms with E-state index < -0.39 is 0 Å². The van der Waals surface area contributed by atoms with Crippen molar-refractivity contribution in [2.24, 2.45) is 0 Å². The third-order valence-corrected chi connectivity index (χ3v) is 4.26. The molecule has 6 heteroatoms. The first kappa shape index (κ1) is 18.9. The van der Waals surface area contributed by atoms with Crippen LogP contribution in [0.1, 0.15) is 15.9 Å². The summed E-state index contributed by atoms with van der Waals surface area (Å²) in [4.78, 5) is 17.0. The fourth-order valence-electron chi connectivity index (χ4n) is 2.71. The SMILES string of the molecule is O=C(N[C@H](CO)Cc1ccccc1)c1cccnc1Nc1cccc(Cl)c1. The number of anilines is 2. The lowest BCUT2D eigenvalue weighted by atomic mass is 10.1. The minimum Gasteiger partial charge on any atom is -0.394 e. The van der Waals surface area contributed by atoms with Crippen LogP contribution >= 0.6 is 11.6 Å². The fourth-order valence-corrected chi connectivity index (χ4v) is 2.90. The van der Waals surface area contributed by atoms with E-state index in [-0.39, 0.29) is 18.6 Å². The van der Waals surface area contributed by atoms with Crippen LogP contribution in [0.2, 0.25) is 5.02 Å². The van der Waals surface area contributed by atoms with Gasteiger partial charge in [-0.1, -0.05) is 48.0 Å². The predicted octanol–water partition coefficient (Wildman–Crippen LogP) is 3.81. The molecular weight excluding hydrogens is 362 g/mol. The Morgan fingerprint density at radius 2 is 1.89 bits per heavy atom. The first-order valence-electron chi connectivity index (χ1n) is 8.59. The van der Waals surface area contributed by atoms with Crippen LogP contribution in [0.15, 0.2) is 72.9 Å². The molecule has 138 valence electrons. The summed E-state index contributed by atoms with van der Waals surface area (Å²) < 4.78 is 0. The molecule has 3 N–H and O–H groups in total. The molecule has 0 radical (unpaired) electrons. The van der Waals surface area contributed by atoms with E-state index in [4.69, 9.17) is 11.6 Å². The van der Waals surface area contributed by atoms with E-state index in [0.29, 0.717) is 22.8 Å². The lowest BCUT2D eigenvalue weighted by Gasteiger charge is -2.18. The number of hydrogen-bond donors (Lipinski definition) is 3. The van der Waals surface area contributed by atoms with Gasteiger partial charge in [-0.05, 0) is 42.3 Å². The van der Waals surface area contributed by atoms with Crippen molar-refractivity contribution in [2.75, 3.05) is 11.9 Å². The molecular formula is C21H20ClN3O2. The summed E-state index contributed by atoms with van der Waals surface area (Å²) in [7, 11) is 0. The molecule has 1 aromatic heterocycles. The molecule has 1 atom stereocenters. The van der Waals surface area contributed by atoms with Gasteiger partial charge in [0.25, 0.3) is 5.91 Å². The second-order valence-electron chi connectivity index (χ2n) is 6.08. The van der Waals surface area contributed by atoms with Crippen LogP contribution in [0.4, 0.5) is 11.5 Å². The molecule has 0 spiro atoms. The van der Waals surface area contributed by atoms with Crippen LogP contribution in [-0.4, -0.2) is 28.6 Å². The fraction of sp³-hybridized carbons (Fsp3) is 0.143. The van der Waals surface area contributed by atoms with Crippen molar-refractivity contribution in [1.29, 1.82) is 0 Å². The number of carbonyl (C=O) groups is 1. The van der Waals surface area contributed by atoms with Gasteiger partial charge in [0, 0.05) is 16.9 Å². The van der Waals surface area contributed by atoms with Crippen LogP contribution in [0.25, 0.3) is 0 Å². The number of nitrogens with one attached hydrogen (secondary N) is 2. The number of aliphatic hydroxyl groups excluding tert-OH is 1. The van der Waals surface area contributed by atoms with Gasteiger partial charge in [0.1, 0.15) is 5.82 Å². The summed E-state index contributed by atoms with van der Waals surface area (Å²) in [6.07, 6.45) is 2.15. The Balaban J connectivity index is 1.74. The molecule has 0 saturated heterocycles. The number of aromatic nitrogens is 1. The third-order valence-electron chi connectivity index (χ3n) is 4.02. The van der Waals surface area contributed by atoms with Gasteiger partial charge in [-0.3, -0.25) is 4.79 Å². The maximum atomic E-state index is 12.8. The molecule has 0 saturated carbocycles. The molecule has 0 aliphatic heterocycles. The summed E-state index contributed by atoms with van der Waals surface area (Å²) in [5, 5.41) is 16.2. The minimum atomic E-state index is -0.390. The highest BCUT2D eigenvalue weighted by Crippen LogP contribution is 2.21. The van der Waals surface area contributed by atoms with Crippen LogP contribution in [0.5, 0.6) is 0 Å². The van der Waals surface area contributed by atoms with Gasteiger partial charge in [-0.25, -0.2) is 4.98 Å². The highest BCUT2D eigenvalue weighted by molar-refractivity contribution is 6.30. The summed E-state index contributed by atoms with van der Waals surface area (Å²) in [6.45, 7) is -0.155. The number of pyridine rings is 1. The van der Waals surface area contributed by atoms with E-state index in [0.717, 1.165) is 11.3 Å². The Morgan fingerprint density at radius 1 is 1.07 bits per heavy atom. The van der Waals surface area contributed by atoms with Gasteiger partial charge in [-0.2, -0.15) is 0 Å². The summed E-state index contributed by atoms with van der Waals surface area (Å²) in [5.41, 5.74) is 2.17. The van der Waals surface area contributed by atoms with Crippen LogP contribution in [0.3, 0.4) is 0 Å². The molecule has 1 heterocycles. The van der Waals surface area contributed by atoms with Gasteiger partial charge in [0.2, 0.25) is 0 Å². The molecule has 5 nitrogen and oxygen atoms in total. The summed E-state index contributed by atoms with van der Waals surface area (Å²) in [6, 6.07) is 19.9. The van der Waals surface area contributed by atoms with Crippen LogP contribution < -0.4 is 10.6 Å². The average molecular weight is 382 g/mol. The van der Waals surface area contributed by atoms with Gasteiger partial charge >= 0.3 is 0 Å². The minimum absolute atomic E-state index is 0.155. The van der Waals surface area contributed by atoms with Crippen molar-refractivity contribution in [3.05, 3.63) is 89.1 Å². The number of halogens is 1. The average Bonchev–Trinajstić information content (AvgIpc) is 2.68. The Morgan fingerprint density at radius 3 is 2.63 bits per heavy atom. The zero-order valence-corrected chi connectivity index (χ0v) is 15.4. The van der Waals surface area contributed by atoms with Crippen molar-refractivity contribution in [3.8, 4) is 0 Å². The Kier molecular flexibility index (Phi) is 6.41. The predicted molar refractivity (Wildman–Crippen MR) is 107 cm³/mol. The van der Waals surface area contributed by atoms with Crippen molar-refractivity contribution < 1.29 is 9.90 Å². The zero-order chi connectivity index (χ0) is 19.1. The van der Waals surface area contributed by atoms with Crippen molar-refractivity contribution in [1.82, 2.24) is 10.3 Å². The third kappa shape index (κ3) is 5.29. The molecule has 27 heavy (non-hydrogen) atoms. The van der Waals surface area contributed by atoms with Crippen molar-refractivity contribution >= 4 is 29.0 Å². The lowest BCUT2D eigenvalue weighted by molar-refractivity contribution is 0.0917. The first-order chi connectivity index (χ1) is 13.2. The lowest BCUT2D eigenvalue weighted by Crippen LogP contribution is -2.39. The first-order valence-corrected chi connectivity index (χ1v) is 8.97. The molecule has 0 aliphatic rings. The second kappa shape index (κ2) is 9.16. The molecule has 0 fully saturated rings. The normalized spacial score (nSPS) is 11.6. The maximum absolute atomic E-state index is 12.8. The quantitative estimate of drug-likeness (QED) is 0.581. The Labute approximate surface area is 163 Å². The van der Waals surface area contributed by atoms with Crippen LogP contribution in [0, 0.1) is 0 Å². The second-order valence-corrected chi connectivity index (χ2v) is 6.51. The Bertz CT molecular complexity index is 903. The van der Waals surface area contributed by atoms with Crippen molar-refractivity contribution in [3.63, 3.8) is 0 Å². The number of rotatable bonds is 7. The van der Waals surface area contributed by atoms with E-state index in [1.165, 1.54) is 0 Å². The molecule has 1 amide bonds. The molecule has 3 aromatic rings. The van der Waals surface area contributed by atoms with E-state index in [1.54, 1.807) is 30.5 Å². The Hall–Kier alpha value is -2.89.